The molecule has 1 rings (SSSR count). The van der Waals surface area contributed by atoms with Gasteiger partial charge < -0.3 is 5.40 Å². The second kappa shape index (κ2) is 3.77. The number of nitrogens with two attached hydrogens (primary N) is 2. The highest BCUT2D eigenvalue weighted by Gasteiger charge is 1.89. The van der Waals surface area contributed by atoms with E-state index in [1.54, 1.807) is 0 Å². The Morgan fingerprint density at radius 1 is 1.20 bits per heavy atom. The van der Waals surface area contributed by atoms with Gasteiger partial charge in [0.25, 0.3) is 0 Å². The van der Waals surface area contributed by atoms with E-state index >= 15 is 0 Å². The van der Waals surface area contributed by atoms with Gasteiger partial charge in [-0.1, -0.05) is 17.3 Å². The summed E-state index contributed by atoms with van der Waals surface area (Å²) in [6, 6.07) is 8.09. The molecule has 0 aliphatic rings. The fourth-order valence-corrected chi connectivity index (χ4v) is 1.51. The van der Waals surface area contributed by atoms with Crippen molar-refractivity contribution in [2.75, 3.05) is 0 Å². The first-order chi connectivity index (χ1) is 4.86. The highest BCUT2D eigenvalue weighted by atomic mass is 32.2. The fourth-order valence-electron chi connectivity index (χ4n) is 0.704. The Labute approximate surface area is 67.0 Å². The molecule has 0 bridgehead atoms. The van der Waals surface area contributed by atoms with E-state index in [2.05, 4.69) is 0 Å². The van der Waals surface area contributed by atoms with Crippen molar-refractivity contribution in [3.8, 4) is 0 Å². The smallest absolute Gasteiger partial charge is 0.122 e. The molecular weight excluding hydrogens is 160 g/mol. The quantitative estimate of drug-likeness (QED) is 0.457. The van der Waals surface area contributed by atoms with Crippen LogP contribution in [0.1, 0.15) is 0 Å². The van der Waals surface area contributed by atoms with Crippen LogP contribution in [-0.2, 0) is 0 Å². The molecule has 0 spiro atoms. The van der Waals surface area contributed by atoms with Gasteiger partial charge in [-0.3, -0.25) is 5.14 Å². The summed E-state index contributed by atoms with van der Waals surface area (Å²) in [5, 5.41) is 12.2. The molecule has 54 valence electrons. The second-order valence-electron chi connectivity index (χ2n) is 1.97. The molecule has 0 fully saturated rings. The van der Waals surface area contributed by atoms with Gasteiger partial charge in [-0.15, -0.1) is 0 Å². The maximum atomic E-state index is 5.54. The summed E-state index contributed by atoms with van der Waals surface area (Å²) in [6.07, 6.45) is 0. The Balaban J connectivity index is 2.80. The van der Waals surface area contributed by atoms with Gasteiger partial charge >= 0.3 is 0 Å². The summed E-state index contributed by atoms with van der Waals surface area (Å²) in [5.41, 5.74) is 0. The molecule has 0 heterocycles. The number of benzene rings is 1. The van der Waals surface area contributed by atoms with E-state index in [0.717, 1.165) is 4.90 Å². The molecule has 4 N–H and O–H groups in total. The van der Waals surface area contributed by atoms with E-state index in [0.29, 0.717) is 0 Å². The second-order valence-corrected chi connectivity index (χ2v) is 3.90. The van der Waals surface area contributed by atoms with Crippen LogP contribution < -0.4 is 15.7 Å². The molecule has 4 heteroatoms. The molecule has 2 nitrogen and oxygen atoms in total. The van der Waals surface area contributed by atoms with E-state index in [4.69, 9.17) is 10.5 Å². The van der Waals surface area contributed by atoms with Gasteiger partial charge in [0.05, 0.1) is 0 Å². The predicted molar refractivity (Wildman–Crippen MR) is 48.9 cm³/mol. The van der Waals surface area contributed by atoms with Crippen LogP contribution in [-0.4, -0.2) is 9.68 Å². The monoisotopic (exact) mass is 170 g/mol. The molecule has 0 aromatic heterocycles. The highest BCUT2D eigenvalue weighted by Crippen LogP contribution is 2.07. The Morgan fingerprint density at radius 3 is 2.20 bits per heavy atom. The first kappa shape index (κ1) is 7.81. The van der Waals surface area contributed by atoms with Crippen LogP contribution in [0.15, 0.2) is 29.2 Å². The van der Waals surface area contributed by atoms with Crippen LogP contribution in [0.4, 0.5) is 0 Å². The minimum absolute atomic E-state index is 0.482. The van der Waals surface area contributed by atoms with E-state index in [-0.39, 0.29) is 0 Å². The molecule has 1 aromatic rings. The molecule has 0 unspecified atom stereocenters. The zero-order valence-electron chi connectivity index (χ0n) is 5.58. The van der Waals surface area contributed by atoms with E-state index < -0.39 is 9.68 Å². The van der Waals surface area contributed by atoms with Gasteiger partial charge in [-0.25, -0.2) is 0 Å². The van der Waals surface area contributed by atoms with Gasteiger partial charge in [0.2, 0.25) is 0 Å². The molecule has 1 aromatic carbocycles. The van der Waals surface area contributed by atoms with Gasteiger partial charge in [-0.05, 0) is 24.1 Å². The summed E-state index contributed by atoms with van der Waals surface area (Å²) in [6.45, 7) is 0. The van der Waals surface area contributed by atoms with Gasteiger partial charge in [0.1, 0.15) is 9.68 Å². The minimum atomic E-state index is -0.482. The molecule has 0 aliphatic heterocycles. The Kier molecular flexibility index (Phi) is 2.95. The molecule has 0 aliphatic carbocycles. The highest BCUT2D eigenvalue weighted by molar-refractivity contribution is 7.97. The van der Waals surface area contributed by atoms with Crippen LogP contribution in [0.3, 0.4) is 0 Å². The lowest BCUT2D eigenvalue weighted by Gasteiger charge is -1.96. The first-order valence-electron chi connectivity index (χ1n) is 3.02. The van der Waals surface area contributed by atoms with Crippen molar-refractivity contribution in [3.05, 3.63) is 24.3 Å². The standard InChI is InChI=1S/C6H10N2SSi/c7-9-5-1-3-6(10-8)4-2-5/h1-4H,7-8,10H2. The average molecular weight is 170 g/mol. The van der Waals surface area contributed by atoms with Crippen molar-refractivity contribution >= 4 is 26.8 Å². The zero-order valence-corrected chi connectivity index (χ0v) is 7.81. The maximum absolute atomic E-state index is 5.54. The van der Waals surface area contributed by atoms with Gasteiger partial charge in [0.15, 0.2) is 0 Å². The molecular formula is C6H10N2SSi. The molecule has 10 heavy (non-hydrogen) atoms. The zero-order chi connectivity index (χ0) is 7.40. The fraction of sp³-hybridized carbons (Fsp3) is 0. The summed E-state index contributed by atoms with van der Waals surface area (Å²) >= 11 is 1.26. The Hall–Kier alpha value is -0.293. The van der Waals surface area contributed by atoms with Crippen molar-refractivity contribution in [2.24, 2.45) is 10.5 Å². The summed E-state index contributed by atoms with van der Waals surface area (Å²) < 4.78 is 0. The van der Waals surface area contributed by atoms with Crippen molar-refractivity contribution < 1.29 is 0 Å². The van der Waals surface area contributed by atoms with Crippen molar-refractivity contribution in [1.82, 2.24) is 0 Å². The Morgan fingerprint density at radius 2 is 1.80 bits per heavy atom. The van der Waals surface area contributed by atoms with Crippen LogP contribution in [0.25, 0.3) is 0 Å². The molecule has 0 saturated heterocycles. The van der Waals surface area contributed by atoms with Crippen LogP contribution >= 0.6 is 11.9 Å². The van der Waals surface area contributed by atoms with Crippen molar-refractivity contribution in [1.29, 1.82) is 0 Å². The number of hydrogen-bond donors (Lipinski definition) is 2. The number of rotatable bonds is 2. The molecule has 0 saturated carbocycles. The lowest BCUT2D eigenvalue weighted by atomic mass is 10.4. The van der Waals surface area contributed by atoms with E-state index in [1.165, 1.54) is 17.1 Å². The minimum Gasteiger partial charge on any atom is -0.352 e. The average Bonchev–Trinajstić information content (AvgIpc) is 2.05. The molecule has 0 amide bonds. The largest absolute Gasteiger partial charge is 0.352 e. The lowest BCUT2D eigenvalue weighted by Crippen LogP contribution is -2.22. The molecule has 0 atom stereocenters. The van der Waals surface area contributed by atoms with Gasteiger partial charge in [0, 0.05) is 4.90 Å². The summed E-state index contributed by atoms with van der Waals surface area (Å²) in [5.74, 6) is 0. The van der Waals surface area contributed by atoms with Gasteiger partial charge in [-0.2, -0.15) is 0 Å². The topological polar surface area (TPSA) is 52.0 Å². The Bertz CT molecular complexity index is 176. The lowest BCUT2D eigenvalue weighted by molar-refractivity contribution is 1.48. The van der Waals surface area contributed by atoms with E-state index in [1.807, 2.05) is 24.3 Å². The summed E-state index contributed by atoms with van der Waals surface area (Å²) in [7, 11) is -0.482. The molecule has 0 radical (unpaired) electrons. The van der Waals surface area contributed by atoms with E-state index in [9.17, 15) is 0 Å². The normalized spacial score (nSPS) is 11.0. The van der Waals surface area contributed by atoms with Crippen LogP contribution in [0.2, 0.25) is 0 Å². The third-order valence-corrected chi connectivity index (χ3v) is 2.78. The SMILES string of the molecule is N[SiH2]c1ccc(SN)cc1. The summed E-state index contributed by atoms with van der Waals surface area (Å²) in [4.78, 5) is 1.09. The van der Waals surface area contributed by atoms with Crippen molar-refractivity contribution in [3.63, 3.8) is 0 Å². The van der Waals surface area contributed by atoms with Crippen LogP contribution in [0, 0.1) is 0 Å². The third kappa shape index (κ3) is 1.85. The third-order valence-electron chi connectivity index (χ3n) is 1.30. The maximum Gasteiger partial charge on any atom is 0.122 e. The predicted octanol–water partition coefficient (Wildman–Crippen LogP) is -0.680. The van der Waals surface area contributed by atoms with Crippen LogP contribution in [0.5, 0.6) is 0 Å². The number of hydrogen-bond acceptors (Lipinski definition) is 3. The first-order valence-corrected chi connectivity index (χ1v) is 5.43. The van der Waals surface area contributed by atoms with Crippen molar-refractivity contribution in [2.45, 2.75) is 4.90 Å².